The fourth-order valence-corrected chi connectivity index (χ4v) is 3.43. The number of esters is 1. The summed E-state index contributed by atoms with van der Waals surface area (Å²) in [4.78, 5) is 15.6. The van der Waals surface area contributed by atoms with Gasteiger partial charge in [0.05, 0.1) is 19.1 Å². The van der Waals surface area contributed by atoms with Gasteiger partial charge in [0, 0.05) is 13.1 Å². The van der Waals surface area contributed by atoms with Crippen molar-refractivity contribution in [2.24, 2.45) is 5.92 Å². The largest absolute Gasteiger partial charge is 0.466 e. The van der Waals surface area contributed by atoms with Crippen LogP contribution in [0.3, 0.4) is 0 Å². The number of aromatic nitrogens is 3. The van der Waals surface area contributed by atoms with Crippen molar-refractivity contribution >= 4 is 16.2 Å². The van der Waals surface area contributed by atoms with Crippen LogP contribution in [0, 0.1) is 5.92 Å². The van der Waals surface area contributed by atoms with Crippen LogP contribution in [0.4, 0.5) is 0 Å². The Hall–Kier alpha value is -1.52. The van der Waals surface area contributed by atoms with Crippen molar-refractivity contribution in [3.63, 3.8) is 0 Å². The third-order valence-electron chi connectivity index (χ3n) is 3.23. The molecule has 0 saturated carbocycles. The van der Waals surface area contributed by atoms with E-state index in [-0.39, 0.29) is 19.1 Å². The SMILES string of the molecule is CCOC(=O)C1CCCN(S(=O)(=O)NCc2ncn[nH]2)C1. The predicted molar refractivity (Wildman–Crippen MR) is 73.1 cm³/mol. The molecule has 1 aromatic rings. The van der Waals surface area contributed by atoms with E-state index in [1.807, 2.05) is 0 Å². The monoisotopic (exact) mass is 317 g/mol. The molecule has 0 aliphatic carbocycles. The molecule has 0 spiro atoms. The third kappa shape index (κ3) is 4.22. The smallest absolute Gasteiger partial charge is 0.310 e. The molecule has 1 aliphatic rings. The van der Waals surface area contributed by atoms with E-state index in [0.717, 1.165) is 0 Å². The number of hydrogen-bond acceptors (Lipinski definition) is 6. The Balaban J connectivity index is 1.94. The zero-order chi connectivity index (χ0) is 15.3. The fourth-order valence-electron chi connectivity index (χ4n) is 2.18. The molecule has 1 aliphatic heterocycles. The van der Waals surface area contributed by atoms with E-state index in [2.05, 4.69) is 19.9 Å². The van der Waals surface area contributed by atoms with Gasteiger partial charge in [-0.15, -0.1) is 0 Å². The molecular weight excluding hydrogens is 298 g/mol. The van der Waals surface area contributed by atoms with E-state index in [4.69, 9.17) is 4.74 Å². The molecule has 0 aromatic carbocycles. The van der Waals surface area contributed by atoms with Crippen LogP contribution in [0.15, 0.2) is 6.33 Å². The maximum atomic E-state index is 12.2. The average Bonchev–Trinajstić information content (AvgIpc) is 2.99. The summed E-state index contributed by atoms with van der Waals surface area (Å²) in [6, 6.07) is 0. The van der Waals surface area contributed by atoms with Gasteiger partial charge < -0.3 is 4.74 Å². The molecule has 2 N–H and O–H groups in total. The molecule has 118 valence electrons. The predicted octanol–water partition coefficient (Wildman–Crippen LogP) is -0.586. The van der Waals surface area contributed by atoms with E-state index >= 15 is 0 Å². The van der Waals surface area contributed by atoms with Crippen molar-refractivity contribution in [1.82, 2.24) is 24.2 Å². The Morgan fingerprint density at radius 2 is 2.43 bits per heavy atom. The van der Waals surface area contributed by atoms with Crippen LogP contribution in [0.5, 0.6) is 0 Å². The van der Waals surface area contributed by atoms with Gasteiger partial charge in [-0.25, -0.2) is 4.98 Å². The minimum atomic E-state index is -3.65. The maximum Gasteiger partial charge on any atom is 0.310 e. The minimum Gasteiger partial charge on any atom is -0.466 e. The zero-order valence-corrected chi connectivity index (χ0v) is 12.6. The van der Waals surface area contributed by atoms with Gasteiger partial charge in [-0.1, -0.05) is 0 Å². The van der Waals surface area contributed by atoms with E-state index in [1.165, 1.54) is 10.6 Å². The number of piperidine rings is 1. The number of hydrogen-bond donors (Lipinski definition) is 2. The molecule has 0 radical (unpaired) electrons. The maximum absolute atomic E-state index is 12.2. The lowest BCUT2D eigenvalue weighted by Gasteiger charge is -2.30. The molecular formula is C11H19N5O4S. The molecule has 1 saturated heterocycles. The van der Waals surface area contributed by atoms with Crippen LogP contribution < -0.4 is 4.72 Å². The molecule has 21 heavy (non-hydrogen) atoms. The number of aromatic amines is 1. The summed E-state index contributed by atoms with van der Waals surface area (Å²) in [5.41, 5.74) is 0. The Morgan fingerprint density at radius 3 is 3.10 bits per heavy atom. The molecule has 2 heterocycles. The Bertz CT molecular complexity index is 559. The summed E-state index contributed by atoms with van der Waals surface area (Å²) in [5.74, 6) is -0.314. The Morgan fingerprint density at radius 1 is 1.62 bits per heavy atom. The lowest BCUT2D eigenvalue weighted by Crippen LogP contribution is -2.47. The Labute approximate surface area is 123 Å². The molecule has 1 fully saturated rings. The summed E-state index contributed by atoms with van der Waals surface area (Å²) in [5, 5.41) is 6.22. The highest BCUT2D eigenvalue weighted by atomic mass is 32.2. The van der Waals surface area contributed by atoms with E-state index in [1.54, 1.807) is 6.92 Å². The first-order chi connectivity index (χ1) is 10.0. The van der Waals surface area contributed by atoms with Crippen molar-refractivity contribution in [3.05, 3.63) is 12.2 Å². The molecule has 0 amide bonds. The quantitative estimate of drug-likeness (QED) is 0.678. The summed E-state index contributed by atoms with van der Waals surface area (Å²) < 4.78 is 33.1. The van der Waals surface area contributed by atoms with E-state index < -0.39 is 16.1 Å². The second-order valence-corrected chi connectivity index (χ2v) is 6.46. The first-order valence-corrected chi connectivity index (χ1v) is 8.22. The highest BCUT2D eigenvalue weighted by Crippen LogP contribution is 2.19. The van der Waals surface area contributed by atoms with Crippen molar-refractivity contribution in [3.8, 4) is 0 Å². The van der Waals surface area contributed by atoms with Crippen molar-refractivity contribution in [1.29, 1.82) is 0 Å². The second kappa shape index (κ2) is 6.96. The molecule has 10 heteroatoms. The minimum absolute atomic E-state index is 0.0307. The van der Waals surface area contributed by atoms with Crippen LogP contribution in [0.2, 0.25) is 0 Å². The van der Waals surface area contributed by atoms with Gasteiger partial charge in [-0.05, 0) is 19.8 Å². The van der Waals surface area contributed by atoms with Crippen LogP contribution in [0.1, 0.15) is 25.6 Å². The zero-order valence-electron chi connectivity index (χ0n) is 11.8. The highest BCUT2D eigenvalue weighted by molar-refractivity contribution is 7.87. The van der Waals surface area contributed by atoms with E-state index in [0.29, 0.717) is 31.8 Å². The number of rotatable bonds is 6. The molecule has 1 unspecified atom stereocenters. The lowest BCUT2D eigenvalue weighted by atomic mass is 10.0. The van der Waals surface area contributed by atoms with Crippen molar-refractivity contribution < 1.29 is 17.9 Å². The van der Waals surface area contributed by atoms with Crippen LogP contribution in [0.25, 0.3) is 0 Å². The molecule has 2 rings (SSSR count). The van der Waals surface area contributed by atoms with Crippen LogP contribution in [-0.4, -0.2) is 53.6 Å². The number of carbonyl (C=O) groups is 1. The number of nitrogens with one attached hydrogen (secondary N) is 2. The van der Waals surface area contributed by atoms with Gasteiger partial charge in [-0.3, -0.25) is 9.89 Å². The van der Waals surface area contributed by atoms with Gasteiger partial charge in [0.2, 0.25) is 0 Å². The van der Waals surface area contributed by atoms with Gasteiger partial charge in [0.15, 0.2) is 0 Å². The van der Waals surface area contributed by atoms with Crippen LogP contribution >= 0.6 is 0 Å². The van der Waals surface area contributed by atoms with Crippen molar-refractivity contribution in [2.45, 2.75) is 26.3 Å². The Kier molecular flexibility index (Phi) is 5.26. The summed E-state index contributed by atoms with van der Waals surface area (Å²) in [7, 11) is -3.65. The summed E-state index contributed by atoms with van der Waals surface area (Å²) >= 11 is 0. The molecule has 1 aromatic heterocycles. The third-order valence-corrected chi connectivity index (χ3v) is 4.75. The molecule has 0 bridgehead atoms. The second-order valence-electron chi connectivity index (χ2n) is 4.71. The topological polar surface area (TPSA) is 117 Å². The van der Waals surface area contributed by atoms with E-state index in [9.17, 15) is 13.2 Å². The summed E-state index contributed by atoms with van der Waals surface area (Å²) in [6.45, 7) is 2.59. The van der Waals surface area contributed by atoms with Gasteiger partial charge in [0.25, 0.3) is 10.2 Å². The number of ether oxygens (including phenoxy) is 1. The van der Waals surface area contributed by atoms with Crippen LogP contribution in [-0.2, 0) is 26.3 Å². The summed E-state index contributed by atoms with van der Waals surface area (Å²) in [6.07, 6.45) is 2.58. The molecule has 1 atom stereocenters. The number of carbonyl (C=O) groups excluding carboxylic acids is 1. The lowest BCUT2D eigenvalue weighted by molar-refractivity contribution is -0.149. The normalized spacial score (nSPS) is 20.3. The van der Waals surface area contributed by atoms with Gasteiger partial charge in [-0.2, -0.15) is 22.5 Å². The standard InChI is InChI=1S/C11H19N5O4S/c1-2-20-11(17)9-4-3-5-16(7-9)21(18,19)14-6-10-12-8-13-15-10/h8-9,14H,2-7H2,1H3,(H,12,13,15). The number of H-pyrrole nitrogens is 1. The average molecular weight is 317 g/mol. The fraction of sp³-hybridized carbons (Fsp3) is 0.727. The van der Waals surface area contributed by atoms with Crippen molar-refractivity contribution in [2.75, 3.05) is 19.7 Å². The van der Waals surface area contributed by atoms with Gasteiger partial charge in [0.1, 0.15) is 12.2 Å². The first-order valence-electron chi connectivity index (χ1n) is 6.78. The number of nitrogens with zero attached hydrogens (tertiary/aromatic N) is 3. The molecule has 9 nitrogen and oxygen atoms in total. The first kappa shape index (κ1) is 15.9. The highest BCUT2D eigenvalue weighted by Gasteiger charge is 2.32. The van der Waals surface area contributed by atoms with Gasteiger partial charge >= 0.3 is 5.97 Å².